The van der Waals surface area contributed by atoms with Gasteiger partial charge in [0.2, 0.25) is 0 Å². The van der Waals surface area contributed by atoms with Crippen LogP contribution in [0.3, 0.4) is 0 Å². The molecular formula is C15H29IN6O. The van der Waals surface area contributed by atoms with E-state index in [-0.39, 0.29) is 24.0 Å². The van der Waals surface area contributed by atoms with Gasteiger partial charge in [-0.1, -0.05) is 13.8 Å². The summed E-state index contributed by atoms with van der Waals surface area (Å²) in [5, 5.41) is 11.3. The summed E-state index contributed by atoms with van der Waals surface area (Å²) in [6, 6.07) is 0.328. The quantitative estimate of drug-likeness (QED) is 0.402. The Labute approximate surface area is 155 Å². The Balaban J connectivity index is 0.00000264. The second-order valence-electron chi connectivity index (χ2n) is 6.05. The lowest BCUT2D eigenvalue weighted by atomic mass is 10.1. The first-order valence-corrected chi connectivity index (χ1v) is 8.08. The van der Waals surface area contributed by atoms with Gasteiger partial charge in [0, 0.05) is 32.7 Å². The van der Waals surface area contributed by atoms with Crippen molar-refractivity contribution in [2.24, 2.45) is 10.9 Å². The maximum absolute atomic E-state index is 5.10. The maximum Gasteiger partial charge on any atom is 0.191 e. The number of methoxy groups -OCH3 is 1. The number of ether oxygens (including phenoxy) is 1. The number of nitrogens with zero attached hydrogens (tertiary/aromatic N) is 4. The van der Waals surface area contributed by atoms with Crippen LogP contribution >= 0.6 is 24.0 Å². The number of aryl methyl sites for hydroxylation is 1. The normalized spacial score (nSPS) is 17.6. The number of hydrogen-bond donors (Lipinski definition) is 2. The number of aliphatic imine (C=N–C) groups is 1. The summed E-state index contributed by atoms with van der Waals surface area (Å²) in [5.41, 5.74) is 0. The summed E-state index contributed by atoms with van der Waals surface area (Å²) in [6.07, 6.45) is 1.97. The third-order valence-corrected chi connectivity index (χ3v) is 3.47. The van der Waals surface area contributed by atoms with Gasteiger partial charge in [-0.2, -0.15) is 5.10 Å². The Morgan fingerprint density at radius 2 is 2.26 bits per heavy atom. The van der Waals surface area contributed by atoms with Gasteiger partial charge in [0.05, 0.1) is 6.54 Å². The van der Waals surface area contributed by atoms with E-state index in [4.69, 9.17) is 4.74 Å². The smallest absolute Gasteiger partial charge is 0.191 e. The number of nitrogens with one attached hydrogen (secondary N) is 2. The highest BCUT2D eigenvalue weighted by atomic mass is 127. The highest BCUT2D eigenvalue weighted by Crippen LogP contribution is 2.13. The summed E-state index contributed by atoms with van der Waals surface area (Å²) in [5.74, 6) is 3.26. The van der Waals surface area contributed by atoms with E-state index in [0.717, 1.165) is 50.1 Å². The van der Waals surface area contributed by atoms with Crippen LogP contribution < -0.4 is 10.6 Å². The van der Waals surface area contributed by atoms with Crippen LogP contribution in [0, 0.1) is 5.92 Å². The fourth-order valence-corrected chi connectivity index (χ4v) is 2.46. The van der Waals surface area contributed by atoms with Gasteiger partial charge in [-0.3, -0.25) is 4.99 Å². The zero-order chi connectivity index (χ0) is 15.9. The lowest BCUT2D eigenvalue weighted by Gasteiger charge is -2.25. The average Bonchev–Trinajstić information content (AvgIpc) is 2.87. The molecule has 0 aliphatic carbocycles. The van der Waals surface area contributed by atoms with Crippen LogP contribution in [0.1, 0.15) is 38.8 Å². The molecule has 1 aliphatic heterocycles. The van der Waals surface area contributed by atoms with E-state index >= 15 is 0 Å². The van der Waals surface area contributed by atoms with Gasteiger partial charge in [-0.25, -0.2) is 9.67 Å². The minimum absolute atomic E-state index is 0. The molecule has 0 radical (unpaired) electrons. The molecule has 0 amide bonds. The molecule has 2 N–H and O–H groups in total. The van der Waals surface area contributed by atoms with E-state index < -0.39 is 0 Å². The third-order valence-electron chi connectivity index (χ3n) is 3.47. The molecule has 23 heavy (non-hydrogen) atoms. The number of halogens is 1. The van der Waals surface area contributed by atoms with Crippen molar-refractivity contribution in [3.8, 4) is 0 Å². The van der Waals surface area contributed by atoms with Gasteiger partial charge < -0.3 is 15.4 Å². The zero-order valence-electron chi connectivity index (χ0n) is 14.5. The summed E-state index contributed by atoms with van der Waals surface area (Å²) in [4.78, 5) is 9.13. The topological polar surface area (TPSA) is 76.4 Å². The number of fused-ring (bicyclic) bond motifs is 1. The van der Waals surface area contributed by atoms with Crippen molar-refractivity contribution in [1.82, 2.24) is 25.4 Å². The van der Waals surface area contributed by atoms with Crippen molar-refractivity contribution in [3.63, 3.8) is 0 Å². The van der Waals surface area contributed by atoms with Crippen LogP contribution in [-0.2, 0) is 24.3 Å². The fourth-order valence-electron chi connectivity index (χ4n) is 2.46. The average molecular weight is 436 g/mol. The van der Waals surface area contributed by atoms with Crippen LogP contribution in [-0.4, -0.2) is 47.0 Å². The first-order chi connectivity index (χ1) is 10.6. The summed E-state index contributed by atoms with van der Waals surface area (Å²) < 4.78 is 7.09. The van der Waals surface area contributed by atoms with Crippen molar-refractivity contribution in [3.05, 3.63) is 11.6 Å². The highest BCUT2D eigenvalue weighted by Gasteiger charge is 2.22. The van der Waals surface area contributed by atoms with Crippen molar-refractivity contribution in [1.29, 1.82) is 0 Å². The Morgan fingerprint density at radius 1 is 1.48 bits per heavy atom. The molecule has 2 heterocycles. The molecule has 0 aromatic carbocycles. The molecule has 7 nitrogen and oxygen atoms in total. The molecular weight excluding hydrogens is 407 g/mol. The van der Waals surface area contributed by atoms with E-state index in [1.807, 2.05) is 4.68 Å². The molecule has 0 fully saturated rings. The van der Waals surface area contributed by atoms with E-state index in [2.05, 4.69) is 46.5 Å². The van der Waals surface area contributed by atoms with Gasteiger partial charge in [-0.05, 0) is 19.3 Å². The largest absolute Gasteiger partial charge is 0.377 e. The minimum atomic E-state index is 0. The molecule has 0 spiro atoms. The van der Waals surface area contributed by atoms with Crippen molar-refractivity contribution >= 4 is 29.9 Å². The molecule has 2 rings (SSSR count). The van der Waals surface area contributed by atoms with Gasteiger partial charge >= 0.3 is 0 Å². The maximum atomic E-state index is 5.10. The van der Waals surface area contributed by atoms with E-state index in [1.165, 1.54) is 0 Å². The summed E-state index contributed by atoms with van der Waals surface area (Å²) in [7, 11) is 1.66. The molecule has 1 atom stereocenters. The van der Waals surface area contributed by atoms with Crippen molar-refractivity contribution in [2.45, 2.75) is 52.8 Å². The first-order valence-electron chi connectivity index (χ1n) is 8.08. The molecule has 1 unspecified atom stereocenters. The van der Waals surface area contributed by atoms with Crippen LogP contribution in [0.15, 0.2) is 4.99 Å². The Kier molecular flexibility index (Phi) is 8.82. The van der Waals surface area contributed by atoms with Gasteiger partial charge in [0.1, 0.15) is 12.4 Å². The molecule has 1 aromatic heterocycles. The van der Waals surface area contributed by atoms with E-state index in [1.54, 1.807) is 7.11 Å². The van der Waals surface area contributed by atoms with Crippen LogP contribution in [0.5, 0.6) is 0 Å². The number of aromatic nitrogens is 3. The van der Waals surface area contributed by atoms with Gasteiger partial charge in [-0.15, -0.1) is 24.0 Å². The Hall–Kier alpha value is -0.900. The molecule has 132 valence electrons. The first kappa shape index (κ1) is 20.1. The summed E-state index contributed by atoms with van der Waals surface area (Å²) in [6.45, 7) is 9.41. The predicted octanol–water partition coefficient (Wildman–Crippen LogP) is 1.57. The molecule has 0 saturated carbocycles. The van der Waals surface area contributed by atoms with Crippen molar-refractivity contribution in [2.75, 3.05) is 20.2 Å². The van der Waals surface area contributed by atoms with E-state index in [0.29, 0.717) is 18.6 Å². The SMILES string of the molecule is CCNC(=NCC(C)C)NC1CCc2nc(COC)nn2C1.I. The monoisotopic (exact) mass is 436 g/mol. The second kappa shape index (κ2) is 10.1. The molecule has 1 aromatic rings. The number of guanidine groups is 1. The second-order valence-corrected chi connectivity index (χ2v) is 6.05. The predicted molar refractivity (Wildman–Crippen MR) is 102 cm³/mol. The standard InChI is InChI=1S/C15H28N6O.HI/c1-5-16-15(17-8-11(2)3)18-12-6-7-14-19-13(10-22-4)20-21(14)9-12;/h11-12H,5-10H2,1-4H3,(H2,16,17,18);1H. The number of rotatable bonds is 6. The van der Waals surface area contributed by atoms with Crippen LogP contribution in [0.4, 0.5) is 0 Å². The van der Waals surface area contributed by atoms with Crippen LogP contribution in [0.25, 0.3) is 0 Å². The highest BCUT2D eigenvalue weighted by molar-refractivity contribution is 14.0. The Morgan fingerprint density at radius 3 is 2.91 bits per heavy atom. The molecule has 1 aliphatic rings. The minimum Gasteiger partial charge on any atom is -0.377 e. The molecule has 8 heteroatoms. The number of hydrogen-bond acceptors (Lipinski definition) is 4. The Bertz CT molecular complexity index is 502. The lowest BCUT2D eigenvalue weighted by molar-refractivity contribution is 0.177. The van der Waals surface area contributed by atoms with Gasteiger partial charge in [0.25, 0.3) is 0 Å². The fraction of sp³-hybridized carbons (Fsp3) is 0.800. The summed E-state index contributed by atoms with van der Waals surface area (Å²) >= 11 is 0. The molecule has 0 bridgehead atoms. The lowest BCUT2D eigenvalue weighted by Crippen LogP contribution is -2.47. The zero-order valence-corrected chi connectivity index (χ0v) is 16.8. The van der Waals surface area contributed by atoms with E-state index in [9.17, 15) is 0 Å². The van der Waals surface area contributed by atoms with Crippen molar-refractivity contribution < 1.29 is 4.74 Å². The third kappa shape index (κ3) is 6.25. The van der Waals surface area contributed by atoms with Gasteiger partial charge in [0.15, 0.2) is 11.8 Å². The molecule has 0 saturated heterocycles. The van der Waals surface area contributed by atoms with Crippen LogP contribution in [0.2, 0.25) is 0 Å².